The summed E-state index contributed by atoms with van der Waals surface area (Å²) in [5.74, 6) is 2.24. The van der Waals surface area contributed by atoms with Crippen molar-refractivity contribution in [2.24, 2.45) is 17.8 Å². The Balaban J connectivity index is 2.03. The van der Waals surface area contributed by atoms with E-state index in [0.29, 0.717) is 24.0 Å². The number of methoxy groups -OCH3 is 1. The number of rotatable bonds is 1. The SMILES string of the molecule is COC12CCC3C(C(=O)C1)C32. The predicted molar refractivity (Wildman–Crippen MR) is 39.1 cm³/mol. The highest BCUT2D eigenvalue weighted by atomic mass is 16.5. The summed E-state index contributed by atoms with van der Waals surface area (Å²) >= 11 is 0. The lowest BCUT2D eigenvalue weighted by molar-refractivity contribution is -0.121. The predicted octanol–water partition coefficient (Wildman–Crippen LogP) is 1.00. The molecule has 3 rings (SSSR count). The molecule has 2 nitrogen and oxygen atoms in total. The van der Waals surface area contributed by atoms with Gasteiger partial charge in [-0.25, -0.2) is 0 Å². The molecule has 0 bridgehead atoms. The number of fused-ring (bicyclic) bond motifs is 1. The highest BCUT2D eigenvalue weighted by Crippen LogP contribution is 2.69. The Morgan fingerprint density at radius 3 is 3.00 bits per heavy atom. The average Bonchev–Trinajstić information content (AvgIpc) is 2.57. The number of ether oxygens (including phenoxy) is 1. The van der Waals surface area contributed by atoms with Gasteiger partial charge in [-0.1, -0.05) is 0 Å². The number of carbonyl (C=O) groups excluding carboxylic acids is 1. The van der Waals surface area contributed by atoms with Crippen LogP contribution in [-0.2, 0) is 9.53 Å². The second-order valence-corrected chi connectivity index (χ2v) is 4.17. The summed E-state index contributed by atoms with van der Waals surface area (Å²) in [6, 6.07) is 0. The summed E-state index contributed by atoms with van der Waals surface area (Å²) < 4.78 is 5.49. The molecule has 3 fully saturated rings. The van der Waals surface area contributed by atoms with E-state index in [0.717, 1.165) is 12.3 Å². The molecular formula is C9H12O2. The van der Waals surface area contributed by atoms with Crippen molar-refractivity contribution in [1.82, 2.24) is 0 Å². The van der Waals surface area contributed by atoms with Crippen LogP contribution in [0.4, 0.5) is 0 Å². The third kappa shape index (κ3) is 0.496. The lowest BCUT2D eigenvalue weighted by Crippen LogP contribution is -2.29. The average molecular weight is 152 g/mol. The molecule has 0 radical (unpaired) electrons. The lowest BCUT2D eigenvalue weighted by Gasteiger charge is -2.24. The van der Waals surface area contributed by atoms with E-state index >= 15 is 0 Å². The van der Waals surface area contributed by atoms with Gasteiger partial charge in [-0.15, -0.1) is 0 Å². The summed E-state index contributed by atoms with van der Waals surface area (Å²) in [7, 11) is 1.76. The van der Waals surface area contributed by atoms with Crippen molar-refractivity contribution in [3.63, 3.8) is 0 Å². The molecule has 0 heterocycles. The van der Waals surface area contributed by atoms with E-state index in [2.05, 4.69) is 0 Å². The molecule has 4 atom stereocenters. The van der Waals surface area contributed by atoms with Crippen LogP contribution < -0.4 is 0 Å². The van der Waals surface area contributed by atoms with Crippen LogP contribution in [0, 0.1) is 17.8 Å². The molecule has 11 heavy (non-hydrogen) atoms. The van der Waals surface area contributed by atoms with Gasteiger partial charge in [-0.05, 0) is 18.8 Å². The van der Waals surface area contributed by atoms with Gasteiger partial charge in [0, 0.05) is 25.4 Å². The van der Waals surface area contributed by atoms with Crippen LogP contribution in [-0.4, -0.2) is 18.5 Å². The van der Waals surface area contributed by atoms with E-state index in [4.69, 9.17) is 4.74 Å². The monoisotopic (exact) mass is 152 g/mol. The Hall–Kier alpha value is -0.370. The van der Waals surface area contributed by atoms with Crippen LogP contribution in [0.25, 0.3) is 0 Å². The zero-order chi connectivity index (χ0) is 7.64. The zero-order valence-electron chi connectivity index (χ0n) is 6.67. The first-order valence-corrected chi connectivity index (χ1v) is 4.36. The highest BCUT2D eigenvalue weighted by molar-refractivity contribution is 5.89. The molecule has 3 saturated carbocycles. The first kappa shape index (κ1) is 6.18. The van der Waals surface area contributed by atoms with Crippen molar-refractivity contribution >= 4 is 5.78 Å². The molecule has 0 aliphatic heterocycles. The quantitative estimate of drug-likeness (QED) is 0.560. The van der Waals surface area contributed by atoms with Crippen molar-refractivity contribution in [2.45, 2.75) is 24.9 Å². The van der Waals surface area contributed by atoms with Gasteiger partial charge in [0.1, 0.15) is 5.78 Å². The van der Waals surface area contributed by atoms with Gasteiger partial charge in [-0.2, -0.15) is 0 Å². The molecule has 4 unspecified atom stereocenters. The maximum Gasteiger partial charge on any atom is 0.139 e. The first-order valence-electron chi connectivity index (χ1n) is 4.36. The van der Waals surface area contributed by atoms with Crippen LogP contribution in [0.15, 0.2) is 0 Å². The normalized spacial score (nSPS) is 58.3. The topological polar surface area (TPSA) is 26.3 Å². The first-order chi connectivity index (χ1) is 5.28. The third-order valence-corrected chi connectivity index (χ3v) is 3.93. The van der Waals surface area contributed by atoms with E-state index in [9.17, 15) is 4.79 Å². The van der Waals surface area contributed by atoms with Gasteiger partial charge in [-0.3, -0.25) is 4.79 Å². The fraction of sp³-hybridized carbons (Fsp3) is 0.889. The smallest absolute Gasteiger partial charge is 0.139 e. The van der Waals surface area contributed by atoms with E-state index in [1.165, 1.54) is 6.42 Å². The molecule has 0 aromatic carbocycles. The highest BCUT2D eigenvalue weighted by Gasteiger charge is 2.73. The van der Waals surface area contributed by atoms with Gasteiger partial charge in [0.05, 0.1) is 5.60 Å². The van der Waals surface area contributed by atoms with Crippen LogP contribution in [0.5, 0.6) is 0 Å². The zero-order valence-corrected chi connectivity index (χ0v) is 6.67. The lowest BCUT2D eigenvalue weighted by atomic mass is 9.99. The van der Waals surface area contributed by atoms with Gasteiger partial charge >= 0.3 is 0 Å². The maximum absolute atomic E-state index is 11.4. The summed E-state index contributed by atoms with van der Waals surface area (Å²) in [4.78, 5) is 11.4. The van der Waals surface area contributed by atoms with E-state index in [-0.39, 0.29) is 5.60 Å². The molecule has 60 valence electrons. The molecule has 3 aliphatic carbocycles. The third-order valence-electron chi connectivity index (χ3n) is 3.93. The number of hydrogen-bond donors (Lipinski definition) is 0. The van der Waals surface area contributed by atoms with E-state index in [1.807, 2.05) is 0 Å². The van der Waals surface area contributed by atoms with Crippen LogP contribution in [0.2, 0.25) is 0 Å². The second-order valence-electron chi connectivity index (χ2n) is 4.17. The van der Waals surface area contributed by atoms with E-state index < -0.39 is 0 Å². The van der Waals surface area contributed by atoms with Gasteiger partial charge in [0.2, 0.25) is 0 Å². The Labute approximate surface area is 65.9 Å². The molecule has 3 aliphatic rings. The summed E-state index contributed by atoms with van der Waals surface area (Å²) in [6.45, 7) is 0. The molecular weight excluding hydrogens is 140 g/mol. The number of ketones is 1. The Bertz CT molecular complexity index is 236. The molecule has 2 heteroatoms. The van der Waals surface area contributed by atoms with Gasteiger partial charge in [0.25, 0.3) is 0 Å². The molecule has 0 amide bonds. The Morgan fingerprint density at radius 1 is 1.64 bits per heavy atom. The van der Waals surface area contributed by atoms with Gasteiger partial charge < -0.3 is 4.74 Å². The second kappa shape index (κ2) is 1.53. The molecule has 0 saturated heterocycles. The molecule has 0 spiro atoms. The minimum Gasteiger partial charge on any atom is -0.377 e. The molecule has 0 N–H and O–H groups in total. The fourth-order valence-corrected chi connectivity index (χ4v) is 3.40. The molecule has 0 aromatic rings. The van der Waals surface area contributed by atoms with Crippen molar-refractivity contribution in [3.05, 3.63) is 0 Å². The number of hydrogen-bond acceptors (Lipinski definition) is 2. The number of Topliss-reactive ketones (excluding diaryl/α,β-unsaturated/α-hetero) is 1. The summed E-state index contributed by atoms with van der Waals surface area (Å²) in [5.41, 5.74) is 0.00637. The number of carbonyl (C=O) groups is 1. The standard InChI is InChI=1S/C9H12O2/c1-11-9-3-2-5-7(8(5)9)6(10)4-9/h5,7-8H,2-4H2,1H3. The van der Waals surface area contributed by atoms with Crippen LogP contribution in [0.3, 0.4) is 0 Å². The largest absolute Gasteiger partial charge is 0.377 e. The summed E-state index contributed by atoms with van der Waals surface area (Å²) in [6.07, 6.45) is 3.06. The fourth-order valence-electron chi connectivity index (χ4n) is 3.40. The van der Waals surface area contributed by atoms with Crippen molar-refractivity contribution in [3.8, 4) is 0 Å². The maximum atomic E-state index is 11.4. The minimum atomic E-state index is 0.00637. The Kier molecular flexibility index (Phi) is 0.861. The van der Waals surface area contributed by atoms with Crippen molar-refractivity contribution < 1.29 is 9.53 Å². The van der Waals surface area contributed by atoms with Crippen molar-refractivity contribution in [1.29, 1.82) is 0 Å². The van der Waals surface area contributed by atoms with Gasteiger partial charge in [0.15, 0.2) is 0 Å². The minimum absolute atomic E-state index is 0.00637. The summed E-state index contributed by atoms with van der Waals surface area (Å²) in [5, 5.41) is 0. The Morgan fingerprint density at radius 2 is 2.45 bits per heavy atom. The van der Waals surface area contributed by atoms with E-state index in [1.54, 1.807) is 7.11 Å². The molecule has 0 aromatic heterocycles. The van der Waals surface area contributed by atoms with Crippen molar-refractivity contribution in [2.75, 3.05) is 7.11 Å². The van der Waals surface area contributed by atoms with Crippen LogP contribution in [0.1, 0.15) is 19.3 Å². The van der Waals surface area contributed by atoms with Crippen LogP contribution >= 0.6 is 0 Å².